The number of hydrogen-bond acceptors (Lipinski definition) is 2. The molecule has 5 nitrogen and oxygen atoms in total. The average molecular weight is 435 g/mol. The lowest BCUT2D eigenvalue weighted by molar-refractivity contribution is 0.102. The number of amides is 1. The summed E-state index contributed by atoms with van der Waals surface area (Å²) in [5, 5.41) is 9.62. The molecule has 2 aromatic carbocycles. The monoisotopic (exact) mass is 434 g/mol. The number of fused-ring (bicyclic) bond motifs is 1. The zero-order valence-corrected chi connectivity index (χ0v) is 15.0. The average Bonchev–Trinajstić information content (AvgIpc) is 3.24. The van der Waals surface area contributed by atoms with Crippen LogP contribution in [0.1, 0.15) is 10.5 Å². The number of benzene rings is 2. The minimum atomic E-state index is -0.721. The summed E-state index contributed by atoms with van der Waals surface area (Å²) in [5.74, 6) is -2.21. The SMILES string of the molecule is O=C(Nc1cc(-c2cc(F)cc(F)c2)[nH]n1)c1cc2c(Br)c(F)ccc2[nH]1. The third-order valence-electron chi connectivity index (χ3n) is 3.93. The lowest BCUT2D eigenvalue weighted by atomic mass is 10.1. The molecule has 0 spiro atoms. The first-order valence-electron chi connectivity index (χ1n) is 7.70. The number of halogens is 4. The fourth-order valence-electron chi connectivity index (χ4n) is 2.69. The molecule has 3 N–H and O–H groups in total. The van der Waals surface area contributed by atoms with Crippen LogP contribution in [0.4, 0.5) is 19.0 Å². The van der Waals surface area contributed by atoms with Crippen molar-refractivity contribution in [2.45, 2.75) is 0 Å². The van der Waals surface area contributed by atoms with Crippen LogP contribution in [0.25, 0.3) is 22.2 Å². The Morgan fingerprint density at radius 1 is 1.04 bits per heavy atom. The van der Waals surface area contributed by atoms with Gasteiger partial charge in [-0.15, -0.1) is 0 Å². The number of rotatable bonds is 3. The molecule has 0 aliphatic carbocycles. The van der Waals surface area contributed by atoms with Crippen molar-refractivity contribution >= 4 is 38.6 Å². The van der Waals surface area contributed by atoms with Gasteiger partial charge in [0.2, 0.25) is 0 Å². The van der Waals surface area contributed by atoms with Gasteiger partial charge in [-0.05, 0) is 46.3 Å². The highest BCUT2D eigenvalue weighted by Gasteiger charge is 2.15. The van der Waals surface area contributed by atoms with Gasteiger partial charge in [-0.3, -0.25) is 9.89 Å². The van der Waals surface area contributed by atoms with E-state index >= 15 is 0 Å². The fourth-order valence-corrected chi connectivity index (χ4v) is 3.15. The van der Waals surface area contributed by atoms with E-state index in [0.717, 1.165) is 18.2 Å². The normalized spacial score (nSPS) is 11.1. The van der Waals surface area contributed by atoms with Crippen LogP contribution in [0.3, 0.4) is 0 Å². The lowest BCUT2D eigenvalue weighted by Crippen LogP contribution is -2.12. The Morgan fingerprint density at radius 3 is 2.52 bits per heavy atom. The van der Waals surface area contributed by atoms with Crippen LogP contribution in [0.15, 0.2) is 46.9 Å². The fraction of sp³-hybridized carbons (Fsp3) is 0. The first-order chi connectivity index (χ1) is 12.9. The summed E-state index contributed by atoms with van der Waals surface area (Å²) in [5.41, 5.74) is 1.39. The Labute approximate surface area is 158 Å². The van der Waals surface area contributed by atoms with Crippen molar-refractivity contribution in [1.29, 1.82) is 0 Å². The molecule has 0 fully saturated rings. The van der Waals surface area contributed by atoms with Crippen molar-refractivity contribution in [3.8, 4) is 11.3 Å². The number of hydrogen-bond donors (Lipinski definition) is 3. The van der Waals surface area contributed by atoms with Crippen LogP contribution in [0.5, 0.6) is 0 Å². The predicted molar refractivity (Wildman–Crippen MR) is 97.8 cm³/mol. The summed E-state index contributed by atoms with van der Waals surface area (Å²) >= 11 is 3.15. The molecule has 0 saturated heterocycles. The lowest BCUT2D eigenvalue weighted by Gasteiger charge is -1.99. The van der Waals surface area contributed by atoms with Gasteiger partial charge in [-0.25, -0.2) is 13.2 Å². The first-order valence-corrected chi connectivity index (χ1v) is 8.50. The predicted octanol–water partition coefficient (Wildman–Crippen LogP) is 4.99. The highest BCUT2D eigenvalue weighted by atomic mass is 79.9. The Bertz CT molecular complexity index is 1160. The Morgan fingerprint density at radius 2 is 1.78 bits per heavy atom. The van der Waals surface area contributed by atoms with Crippen molar-refractivity contribution in [2.24, 2.45) is 0 Å². The van der Waals surface area contributed by atoms with Crippen LogP contribution in [-0.4, -0.2) is 21.1 Å². The molecule has 1 amide bonds. The molecule has 9 heteroatoms. The number of nitrogens with one attached hydrogen (secondary N) is 3. The van der Waals surface area contributed by atoms with Gasteiger partial charge >= 0.3 is 0 Å². The van der Waals surface area contributed by atoms with Crippen molar-refractivity contribution in [1.82, 2.24) is 15.2 Å². The van der Waals surface area contributed by atoms with E-state index in [2.05, 4.69) is 36.4 Å². The topological polar surface area (TPSA) is 73.6 Å². The standard InChI is InChI=1S/C18H10BrF3N4O/c19-17-11-6-15(23-13(11)2-1-12(17)22)18(27)24-16-7-14(25-26-16)8-3-9(20)5-10(21)4-8/h1-7,23H,(H2,24,25,26,27). The minimum absolute atomic E-state index is 0.170. The maximum Gasteiger partial charge on any atom is 0.273 e. The maximum atomic E-state index is 13.6. The minimum Gasteiger partial charge on any atom is -0.350 e. The number of H-pyrrole nitrogens is 2. The van der Waals surface area contributed by atoms with Crippen molar-refractivity contribution in [3.63, 3.8) is 0 Å². The highest BCUT2D eigenvalue weighted by Crippen LogP contribution is 2.28. The Kier molecular flexibility index (Phi) is 4.23. The molecule has 0 unspecified atom stereocenters. The van der Waals surface area contributed by atoms with Crippen LogP contribution in [0.2, 0.25) is 0 Å². The summed E-state index contributed by atoms with van der Waals surface area (Å²) < 4.78 is 40.5. The van der Waals surface area contributed by atoms with Gasteiger partial charge in [0.25, 0.3) is 5.91 Å². The highest BCUT2D eigenvalue weighted by molar-refractivity contribution is 9.10. The third kappa shape index (κ3) is 3.33. The first kappa shape index (κ1) is 17.3. The number of carbonyl (C=O) groups excluding carboxylic acids is 1. The molecule has 2 aromatic heterocycles. The largest absolute Gasteiger partial charge is 0.350 e. The van der Waals surface area contributed by atoms with Crippen LogP contribution < -0.4 is 5.32 Å². The second kappa shape index (κ2) is 6.58. The number of nitrogens with zero attached hydrogens (tertiary/aromatic N) is 1. The maximum absolute atomic E-state index is 13.6. The third-order valence-corrected chi connectivity index (χ3v) is 4.73. The molecule has 0 saturated carbocycles. The van der Waals surface area contributed by atoms with Crippen LogP contribution in [0, 0.1) is 17.5 Å². The van der Waals surface area contributed by atoms with Gasteiger partial charge in [-0.1, -0.05) is 0 Å². The molecule has 0 radical (unpaired) electrons. The van der Waals surface area contributed by atoms with E-state index in [1.54, 1.807) is 0 Å². The Hall–Kier alpha value is -3.07. The van der Waals surface area contributed by atoms with Gasteiger partial charge in [0, 0.05) is 28.6 Å². The molecule has 2 heterocycles. The summed E-state index contributed by atoms with van der Waals surface area (Å²) in [7, 11) is 0. The van der Waals surface area contributed by atoms with E-state index in [9.17, 15) is 18.0 Å². The molecule has 0 bridgehead atoms. The summed E-state index contributed by atoms with van der Waals surface area (Å²) in [6, 6.07) is 8.81. The molecule has 4 rings (SSSR count). The summed E-state index contributed by atoms with van der Waals surface area (Å²) in [6.45, 7) is 0. The van der Waals surface area contributed by atoms with E-state index < -0.39 is 23.4 Å². The zero-order valence-electron chi connectivity index (χ0n) is 13.4. The molecule has 0 atom stereocenters. The van der Waals surface area contributed by atoms with Gasteiger partial charge in [0.05, 0.1) is 10.2 Å². The van der Waals surface area contributed by atoms with E-state index in [0.29, 0.717) is 16.6 Å². The number of aromatic nitrogens is 3. The molecular formula is C18H10BrF3N4O. The number of anilines is 1. The molecule has 4 aromatic rings. The van der Waals surface area contributed by atoms with E-state index in [1.807, 2.05) is 0 Å². The molecule has 0 aliphatic rings. The molecule has 0 aliphatic heterocycles. The summed E-state index contributed by atoms with van der Waals surface area (Å²) in [4.78, 5) is 15.3. The molecule has 27 heavy (non-hydrogen) atoms. The van der Waals surface area contributed by atoms with Crippen molar-refractivity contribution in [2.75, 3.05) is 5.32 Å². The van der Waals surface area contributed by atoms with E-state index in [-0.39, 0.29) is 21.5 Å². The van der Waals surface area contributed by atoms with Crippen LogP contribution >= 0.6 is 15.9 Å². The van der Waals surface area contributed by atoms with Crippen molar-refractivity contribution < 1.29 is 18.0 Å². The second-order valence-corrected chi connectivity index (χ2v) is 6.58. The summed E-state index contributed by atoms with van der Waals surface area (Å²) in [6.07, 6.45) is 0. The van der Waals surface area contributed by atoms with Gasteiger partial charge < -0.3 is 10.3 Å². The second-order valence-electron chi connectivity index (χ2n) is 5.78. The quantitative estimate of drug-likeness (QED) is 0.424. The van der Waals surface area contributed by atoms with Crippen molar-refractivity contribution in [3.05, 3.63) is 70.1 Å². The van der Waals surface area contributed by atoms with E-state index in [4.69, 9.17) is 0 Å². The van der Waals surface area contributed by atoms with Crippen LogP contribution in [-0.2, 0) is 0 Å². The van der Waals surface area contributed by atoms with Gasteiger partial charge in [-0.2, -0.15) is 5.10 Å². The smallest absolute Gasteiger partial charge is 0.273 e. The van der Waals surface area contributed by atoms with E-state index in [1.165, 1.54) is 24.3 Å². The number of aromatic amines is 2. The zero-order chi connectivity index (χ0) is 19.1. The molecule has 136 valence electrons. The Balaban J connectivity index is 1.59. The van der Waals surface area contributed by atoms with Gasteiger partial charge in [0.15, 0.2) is 5.82 Å². The number of carbonyl (C=O) groups is 1. The van der Waals surface area contributed by atoms with Gasteiger partial charge in [0.1, 0.15) is 23.1 Å². The molecular weight excluding hydrogens is 425 g/mol.